The van der Waals surface area contributed by atoms with Crippen molar-refractivity contribution in [1.82, 2.24) is 20.4 Å². The van der Waals surface area contributed by atoms with Gasteiger partial charge in [-0.15, -0.1) is 0 Å². The Kier molecular flexibility index (Phi) is 4.09. The number of aliphatic hydroxyl groups is 1. The average molecular weight is 296 g/mol. The minimum atomic E-state index is -0.830. The second-order valence-electron chi connectivity index (χ2n) is 5.27. The van der Waals surface area contributed by atoms with Crippen molar-refractivity contribution in [1.29, 1.82) is 0 Å². The summed E-state index contributed by atoms with van der Waals surface area (Å²) in [5.41, 5.74) is 0. The van der Waals surface area contributed by atoms with Gasteiger partial charge in [0.2, 0.25) is 0 Å². The van der Waals surface area contributed by atoms with E-state index in [9.17, 15) is 9.90 Å². The molecule has 2 aliphatic heterocycles. The van der Waals surface area contributed by atoms with Crippen molar-refractivity contribution in [3.8, 4) is 0 Å². The van der Waals surface area contributed by atoms with Gasteiger partial charge in [0, 0.05) is 18.9 Å². The molecular formula is C13H20N4O4. The summed E-state index contributed by atoms with van der Waals surface area (Å²) in [6.45, 7) is 2.90. The minimum absolute atomic E-state index is 0.311. The molecule has 3 N–H and O–H groups in total. The number of nitrogens with zero attached hydrogens (tertiary/aromatic N) is 2. The minimum Gasteiger partial charge on any atom is -0.388 e. The zero-order valence-corrected chi connectivity index (χ0v) is 11.8. The third kappa shape index (κ3) is 2.74. The Morgan fingerprint density at radius 2 is 2.43 bits per heavy atom. The molecule has 0 radical (unpaired) electrons. The van der Waals surface area contributed by atoms with E-state index in [0.29, 0.717) is 13.2 Å². The van der Waals surface area contributed by atoms with Crippen molar-refractivity contribution in [3.05, 3.63) is 18.5 Å². The van der Waals surface area contributed by atoms with E-state index < -0.39 is 24.5 Å². The number of aliphatic hydroxyl groups excluding tert-OH is 1. The van der Waals surface area contributed by atoms with E-state index in [0.717, 1.165) is 6.42 Å². The number of amides is 2. The van der Waals surface area contributed by atoms with Crippen molar-refractivity contribution in [2.75, 3.05) is 13.2 Å². The van der Waals surface area contributed by atoms with Gasteiger partial charge in [0.1, 0.15) is 18.2 Å². The summed E-state index contributed by atoms with van der Waals surface area (Å²) in [5.74, 6) is 0. The van der Waals surface area contributed by atoms with Gasteiger partial charge in [0.05, 0.1) is 12.6 Å². The first-order chi connectivity index (χ1) is 10.2. The molecule has 8 nitrogen and oxygen atoms in total. The number of nitrogens with one attached hydrogen (secondary N) is 2. The zero-order chi connectivity index (χ0) is 14.8. The van der Waals surface area contributed by atoms with Crippen molar-refractivity contribution in [2.45, 2.75) is 43.9 Å². The van der Waals surface area contributed by atoms with E-state index in [-0.39, 0.29) is 12.1 Å². The van der Waals surface area contributed by atoms with E-state index in [1.54, 1.807) is 23.1 Å². The summed E-state index contributed by atoms with van der Waals surface area (Å²) in [6, 6.07) is 0.448. The number of hydrogen-bond donors (Lipinski definition) is 3. The van der Waals surface area contributed by atoms with Crippen molar-refractivity contribution < 1.29 is 19.4 Å². The third-order valence-corrected chi connectivity index (χ3v) is 3.79. The largest absolute Gasteiger partial charge is 0.388 e. The fourth-order valence-corrected chi connectivity index (χ4v) is 2.76. The molecule has 21 heavy (non-hydrogen) atoms. The average Bonchev–Trinajstić information content (AvgIpc) is 3.13. The van der Waals surface area contributed by atoms with E-state index in [2.05, 4.69) is 15.7 Å². The Hall–Kier alpha value is -1.64. The number of carbonyl (C=O) groups is 1. The number of urea groups is 1. The van der Waals surface area contributed by atoms with Crippen molar-refractivity contribution in [3.63, 3.8) is 0 Å². The fraction of sp³-hybridized carbons (Fsp3) is 0.692. The van der Waals surface area contributed by atoms with Crippen LogP contribution in [0.4, 0.5) is 4.79 Å². The molecule has 5 unspecified atom stereocenters. The van der Waals surface area contributed by atoms with Crippen LogP contribution < -0.4 is 10.6 Å². The Morgan fingerprint density at radius 3 is 3.14 bits per heavy atom. The van der Waals surface area contributed by atoms with Gasteiger partial charge in [-0.2, -0.15) is 5.10 Å². The van der Waals surface area contributed by atoms with Gasteiger partial charge >= 0.3 is 6.03 Å². The maximum absolute atomic E-state index is 11.8. The third-order valence-electron chi connectivity index (χ3n) is 3.79. The Labute approximate surface area is 122 Å². The standard InChI is InChI=1S/C13H20N4O4/c1-2-4-14-13(19)16-9-8-7-20-12(21-8)10(11(9)18)17-6-3-5-15-17/h3,5-6,8-12,18H,2,4,7H2,1H3,(H2,14,16,19). The molecule has 0 spiro atoms. The number of carbonyl (C=O) groups excluding carboxylic acids is 1. The van der Waals surface area contributed by atoms with Crippen LogP contribution in [0, 0.1) is 0 Å². The highest BCUT2D eigenvalue weighted by Crippen LogP contribution is 2.35. The predicted molar refractivity (Wildman–Crippen MR) is 72.5 cm³/mol. The number of hydrogen-bond acceptors (Lipinski definition) is 5. The molecule has 1 aromatic rings. The number of fused-ring (bicyclic) bond motifs is 2. The van der Waals surface area contributed by atoms with Gasteiger partial charge in [-0.3, -0.25) is 4.68 Å². The predicted octanol–water partition coefficient (Wildman–Crippen LogP) is -0.382. The molecule has 0 saturated carbocycles. The SMILES string of the molecule is CCCNC(=O)NC1C2COC(O2)C(n2cccn2)C1O. The number of rotatable bonds is 4. The highest BCUT2D eigenvalue weighted by Gasteiger charge is 2.51. The second kappa shape index (κ2) is 6.00. The normalized spacial score (nSPS) is 34.7. The highest BCUT2D eigenvalue weighted by atomic mass is 16.7. The molecule has 3 rings (SSSR count). The first-order valence-electron chi connectivity index (χ1n) is 7.19. The summed E-state index contributed by atoms with van der Waals surface area (Å²) in [7, 11) is 0. The van der Waals surface area contributed by atoms with Crippen molar-refractivity contribution >= 4 is 6.03 Å². The molecule has 2 bridgehead atoms. The van der Waals surface area contributed by atoms with E-state index in [1.807, 2.05) is 6.92 Å². The van der Waals surface area contributed by atoms with E-state index in [1.165, 1.54) is 0 Å². The lowest BCUT2D eigenvalue weighted by Gasteiger charge is -2.38. The Bertz CT molecular complexity index is 481. The lowest BCUT2D eigenvalue weighted by molar-refractivity contribution is -0.166. The molecule has 2 fully saturated rings. The van der Waals surface area contributed by atoms with Crippen LogP contribution in [0.3, 0.4) is 0 Å². The van der Waals surface area contributed by atoms with Gasteiger partial charge in [-0.05, 0) is 12.5 Å². The van der Waals surface area contributed by atoms with Gasteiger partial charge in [-0.1, -0.05) is 6.92 Å². The lowest BCUT2D eigenvalue weighted by atomic mass is 9.96. The maximum atomic E-state index is 11.8. The molecule has 5 atom stereocenters. The Balaban J connectivity index is 1.73. The van der Waals surface area contributed by atoms with Gasteiger partial charge in [0.15, 0.2) is 6.29 Å². The van der Waals surface area contributed by atoms with Crippen LogP contribution in [0.25, 0.3) is 0 Å². The summed E-state index contributed by atoms with van der Waals surface area (Å²) in [6.07, 6.45) is 2.51. The quantitative estimate of drug-likeness (QED) is 0.703. The number of aromatic nitrogens is 2. The van der Waals surface area contributed by atoms with Gasteiger partial charge < -0.3 is 25.2 Å². The monoisotopic (exact) mass is 296 g/mol. The molecule has 3 heterocycles. The van der Waals surface area contributed by atoms with Crippen LogP contribution in [0.2, 0.25) is 0 Å². The van der Waals surface area contributed by atoms with Crippen LogP contribution in [-0.2, 0) is 9.47 Å². The van der Waals surface area contributed by atoms with E-state index >= 15 is 0 Å². The molecule has 8 heteroatoms. The first-order valence-corrected chi connectivity index (χ1v) is 7.19. The molecule has 2 aliphatic rings. The molecule has 0 aliphatic carbocycles. The highest BCUT2D eigenvalue weighted by molar-refractivity contribution is 5.74. The van der Waals surface area contributed by atoms with E-state index in [4.69, 9.17) is 9.47 Å². The second-order valence-corrected chi connectivity index (χ2v) is 5.27. The lowest BCUT2D eigenvalue weighted by Crippen LogP contribution is -2.60. The molecular weight excluding hydrogens is 276 g/mol. The summed E-state index contributed by atoms with van der Waals surface area (Å²) in [4.78, 5) is 11.8. The van der Waals surface area contributed by atoms with Gasteiger partial charge in [-0.25, -0.2) is 4.79 Å². The summed E-state index contributed by atoms with van der Waals surface area (Å²) < 4.78 is 12.9. The first kappa shape index (κ1) is 14.3. The topological polar surface area (TPSA) is 97.6 Å². The number of ether oxygens (including phenoxy) is 2. The van der Waals surface area contributed by atoms with Crippen LogP contribution in [0.1, 0.15) is 19.4 Å². The molecule has 1 aromatic heterocycles. The molecule has 2 saturated heterocycles. The van der Waals surface area contributed by atoms with Gasteiger partial charge in [0.25, 0.3) is 0 Å². The van der Waals surface area contributed by atoms with Crippen LogP contribution in [-0.4, -0.2) is 58.6 Å². The zero-order valence-electron chi connectivity index (χ0n) is 11.8. The summed E-state index contributed by atoms with van der Waals surface area (Å²) in [5, 5.41) is 20.2. The smallest absolute Gasteiger partial charge is 0.315 e. The Morgan fingerprint density at radius 1 is 1.57 bits per heavy atom. The van der Waals surface area contributed by atoms with Crippen LogP contribution in [0.5, 0.6) is 0 Å². The molecule has 0 aromatic carbocycles. The van der Waals surface area contributed by atoms with Crippen LogP contribution in [0.15, 0.2) is 18.5 Å². The molecule has 2 amide bonds. The van der Waals surface area contributed by atoms with Crippen LogP contribution >= 0.6 is 0 Å². The fourth-order valence-electron chi connectivity index (χ4n) is 2.76. The summed E-state index contributed by atoms with van der Waals surface area (Å²) >= 11 is 0. The van der Waals surface area contributed by atoms with Crippen molar-refractivity contribution in [2.24, 2.45) is 0 Å². The molecule has 116 valence electrons. The maximum Gasteiger partial charge on any atom is 0.315 e.